The molecule has 2 N–H and O–H groups in total. The Kier molecular flexibility index (Phi) is 3.76. The lowest BCUT2D eigenvalue weighted by molar-refractivity contribution is 0.230. The molecule has 2 saturated heterocycles. The number of fused-ring (bicyclic) bond motifs is 1. The normalized spacial score (nSPS) is 25.4. The molecule has 2 heterocycles. The van der Waals surface area contributed by atoms with Gasteiger partial charge in [-0.05, 0) is 37.4 Å². The van der Waals surface area contributed by atoms with Gasteiger partial charge in [-0.15, -0.1) is 0 Å². The lowest BCUT2D eigenvalue weighted by atomic mass is 10.0. The van der Waals surface area contributed by atoms with E-state index in [-0.39, 0.29) is 6.04 Å². The van der Waals surface area contributed by atoms with Crippen molar-refractivity contribution in [2.75, 3.05) is 31.1 Å². The second-order valence-electron chi connectivity index (χ2n) is 5.85. The number of anilines is 1. The van der Waals surface area contributed by atoms with E-state index in [1.165, 1.54) is 43.7 Å². The summed E-state index contributed by atoms with van der Waals surface area (Å²) in [6.07, 6.45) is 3.73. The predicted molar refractivity (Wildman–Crippen MR) is 80.5 cm³/mol. The molecule has 1 unspecified atom stereocenters. The average molecular weight is 259 g/mol. The molecule has 104 valence electrons. The SMILES string of the molecule is CC[C@H](N)c1ccccc1N1CCN2CCCC2C1. The number of para-hydroxylation sites is 1. The first-order valence-corrected chi connectivity index (χ1v) is 7.63. The molecule has 2 atom stereocenters. The molecule has 1 aromatic rings. The Labute approximate surface area is 116 Å². The fourth-order valence-corrected chi connectivity index (χ4v) is 3.52. The largest absolute Gasteiger partial charge is 0.368 e. The molecule has 0 radical (unpaired) electrons. The summed E-state index contributed by atoms with van der Waals surface area (Å²) in [6.45, 7) is 6.99. The van der Waals surface area contributed by atoms with Gasteiger partial charge in [0.05, 0.1) is 0 Å². The van der Waals surface area contributed by atoms with Crippen molar-refractivity contribution in [2.24, 2.45) is 5.73 Å². The minimum absolute atomic E-state index is 0.165. The summed E-state index contributed by atoms with van der Waals surface area (Å²) < 4.78 is 0. The van der Waals surface area contributed by atoms with Crippen LogP contribution in [0.1, 0.15) is 37.8 Å². The van der Waals surface area contributed by atoms with E-state index < -0.39 is 0 Å². The third-order valence-corrected chi connectivity index (χ3v) is 4.70. The van der Waals surface area contributed by atoms with Gasteiger partial charge in [0, 0.05) is 37.4 Å². The van der Waals surface area contributed by atoms with E-state index in [0.29, 0.717) is 0 Å². The molecule has 0 saturated carbocycles. The van der Waals surface area contributed by atoms with Crippen LogP contribution in [-0.4, -0.2) is 37.1 Å². The third kappa shape index (κ3) is 2.49. The lowest BCUT2D eigenvalue weighted by Gasteiger charge is -2.40. The Morgan fingerprint density at radius 3 is 2.95 bits per heavy atom. The van der Waals surface area contributed by atoms with Crippen LogP contribution >= 0.6 is 0 Å². The third-order valence-electron chi connectivity index (χ3n) is 4.70. The van der Waals surface area contributed by atoms with Gasteiger partial charge < -0.3 is 10.6 Å². The molecular formula is C16H25N3. The fourth-order valence-electron chi connectivity index (χ4n) is 3.52. The van der Waals surface area contributed by atoms with E-state index in [4.69, 9.17) is 5.73 Å². The number of rotatable bonds is 3. The van der Waals surface area contributed by atoms with Crippen molar-refractivity contribution in [3.63, 3.8) is 0 Å². The molecule has 0 aromatic heterocycles. The first kappa shape index (κ1) is 12.9. The predicted octanol–water partition coefficient (Wildman–Crippen LogP) is 2.38. The molecule has 0 amide bonds. The van der Waals surface area contributed by atoms with Crippen LogP contribution in [0.2, 0.25) is 0 Å². The minimum atomic E-state index is 0.165. The number of benzene rings is 1. The second-order valence-corrected chi connectivity index (χ2v) is 5.85. The van der Waals surface area contributed by atoms with Crippen molar-refractivity contribution in [1.29, 1.82) is 0 Å². The number of nitrogens with two attached hydrogens (primary N) is 1. The molecule has 0 spiro atoms. The van der Waals surface area contributed by atoms with Gasteiger partial charge in [0.1, 0.15) is 0 Å². The molecule has 2 fully saturated rings. The van der Waals surface area contributed by atoms with Crippen LogP contribution in [-0.2, 0) is 0 Å². The monoisotopic (exact) mass is 259 g/mol. The standard InChI is InChI=1S/C16H25N3/c1-2-15(17)14-7-3-4-8-16(14)19-11-10-18-9-5-6-13(18)12-19/h3-4,7-8,13,15H,2,5-6,9-12,17H2,1H3/t13?,15-/m0/s1. The Bertz CT molecular complexity index is 432. The topological polar surface area (TPSA) is 32.5 Å². The van der Waals surface area contributed by atoms with E-state index in [1.807, 2.05) is 0 Å². The number of piperazine rings is 1. The van der Waals surface area contributed by atoms with Gasteiger partial charge in [-0.2, -0.15) is 0 Å². The zero-order valence-corrected chi connectivity index (χ0v) is 11.9. The highest BCUT2D eigenvalue weighted by molar-refractivity contribution is 5.55. The molecule has 2 aliphatic rings. The molecule has 3 nitrogen and oxygen atoms in total. The van der Waals surface area contributed by atoms with Gasteiger partial charge in [-0.25, -0.2) is 0 Å². The molecule has 3 heteroatoms. The zero-order valence-electron chi connectivity index (χ0n) is 11.9. The van der Waals surface area contributed by atoms with Crippen molar-refractivity contribution in [1.82, 2.24) is 4.90 Å². The van der Waals surface area contributed by atoms with Crippen LogP contribution in [0.5, 0.6) is 0 Å². The summed E-state index contributed by atoms with van der Waals surface area (Å²) in [7, 11) is 0. The summed E-state index contributed by atoms with van der Waals surface area (Å²) in [5, 5.41) is 0. The smallest absolute Gasteiger partial charge is 0.0415 e. The van der Waals surface area contributed by atoms with Gasteiger partial charge >= 0.3 is 0 Å². The number of hydrogen-bond acceptors (Lipinski definition) is 3. The van der Waals surface area contributed by atoms with Crippen molar-refractivity contribution in [2.45, 2.75) is 38.3 Å². The van der Waals surface area contributed by atoms with Crippen LogP contribution in [0.4, 0.5) is 5.69 Å². The van der Waals surface area contributed by atoms with Crippen LogP contribution in [0, 0.1) is 0 Å². The fraction of sp³-hybridized carbons (Fsp3) is 0.625. The summed E-state index contributed by atoms with van der Waals surface area (Å²) in [6, 6.07) is 9.63. The molecule has 19 heavy (non-hydrogen) atoms. The molecule has 2 aliphatic heterocycles. The maximum absolute atomic E-state index is 6.27. The zero-order chi connectivity index (χ0) is 13.2. The Morgan fingerprint density at radius 1 is 1.26 bits per heavy atom. The molecular weight excluding hydrogens is 234 g/mol. The Hall–Kier alpha value is -1.06. The van der Waals surface area contributed by atoms with Crippen LogP contribution in [0.15, 0.2) is 24.3 Å². The van der Waals surface area contributed by atoms with Crippen LogP contribution in [0.25, 0.3) is 0 Å². The molecule has 0 aliphatic carbocycles. The van der Waals surface area contributed by atoms with Gasteiger partial charge in [0.15, 0.2) is 0 Å². The molecule has 1 aromatic carbocycles. The Balaban J connectivity index is 1.82. The van der Waals surface area contributed by atoms with E-state index in [2.05, 4.69) is 41.0 Å². The molecule has 0 bridgehead atoms. The summed E-state index contributed by atoms with van der Waals surface area (Å²) in [4.78, 5) is 5.20. The van der Waals surface area contributed by atoms with Crippen molar-refractivity contribution >= 4 is 5.69 Å². The van der Waals surface area contributed by atoms with Crippen molar-refractivity contribution in [3.05, 3.63) is 29.8 Å². The van der Waals surface area contributed by atoms with Crippen LogP contribution < -0.4 is 10.6 Å². The lowest BCUT2D eigenvalue weighted by Crippen LogP contribution is -2.50. The maximum atomic E-state index is 6.27. The van der Waals surface area contributed by atoms with Gasteiger partial charge in [-0.3, -0.25) is 4.90 Å². The minimum Gasteiger partial charge on any atom is -0.368 e. The Morgan fingerprint density at radius 2 is 2.11 bits per heavy atom. The average Bonchev–Trinajstić information content (AvgIpc) is 2.93. The van der Waals surface area contributed by atoms with E-state index >= 15 is 0 Å². The van der Waals surface area contributed by atoms with Crippen molar-refractivity contribution in [3.8, 4) is 0 Å². The first-order valence-electron chi connectivity index (χ1n) is 7.63. The first-order chi connectivity index (χ1) is 9.29. The molecule has 3 rings (SSSR count). The highest BCUT2D eigenvalue weighted by Gasteiger charge is 2.31. The van der Waals surface area contributed by atoms with Gasteiger partial charge in [0.25, 0.3) is 0 Å². The number of nitrogens with zero attached hydrogens (tertiary/aromatic N) is 2. The van der Waals surface area contributed by atoms with Gasteiger partial charge in [-0.1, -0.05) is 25.1 Å². The van der Waals surface area contributed by atoms with E-state index in [9.17, 15) is 0 Å². The second kappa shape index (κ2) is 5.51. The highest BCUT2D eigenvalue weighted by atomic mass is 15.3. The number of hydrogen-bond donors (Lipinski definition) is 1. The van der Waals surface area contributed by atoms with Crippen molar-refractivity contribution < 1.29 is 0 Å². The van der Waals surface area contributed by atoms with E-state index in [0.717, 1.165) is 19.0 Å². The quantitative estimate of drug-likeness (QED) is 0.904. The van der Waals surface area contributed by atoms with Crippen LogP contribution in [0.3, 0.4) is 0 Å². The highest BCUT2D eigenvalue weighted by Crippen LogP contribution is 2.30. The summed E-state index contributed by atoms with van der Waals surface area (Å²) in [5.41, 5.74) is 8.95. The maximum Gasteiger partial charge on any atom is 0.0415 e. The summed E-state index contributed by atoms with van der Waals surface area (Å²) >= 11 is 0. The van der Waals surface area contributed by atoms with Gasteiger partial charge in [0.2, 0.25) is 0 Å². The summed E-state index contributed by atoms with van der Waals surface area (Å²) in [5.74, 6) is 0. The van der Waals surface area contributed by atoms with E-state index in [1.54, 1.807) is 0 Å².